The molecule has 2 rings (SSSR count). The average Bonchev–Trinajstić information content (AvgIpc) is 2.60. The molecule has 1 unspecified atom stereocenters. The van der Waals surface area contributed by atoms with Crippen molar-refractivity contribution >= 4 is 11.6 Å². The highest BCUT2D eigenvalue weighted by molar-refractivity contribution is 5.96. The van der Waals surface area contributed by atoms with Gasteiger partial charge in [0.15, 0.2) is 11.3 Å². The average molecular weight is 236 g/mol. The zero-order chi connectivity index (χ0) is 12.7. The predicted octanol–water partition coefficient (Wildman–Crippen LogP) is -0.104. The van der Waals surface area contributed by atoms with Gasteiger partial charge in [-0.3, -0.25) is 9.20 Å². The summed E-state index contributed by atoms with van der Waals surface area (Å²) in [6, 6.07) is 0. The zero-order valence-corrected chi connectivity index (χ0v) is 9.38. The van der Waals surface area contributed by atoms with Crippen LogP contribution in [0.1, 0.15) is 34.8 Å². The molecular weight excluding hydrogens is 224 g/mol. The largest absolute Gasteiger partial charge is 0.494 e. The van der Waals surface area contributed by atoms with Gasteiger partial charge in [-0.1, -0.05) is 0 Å². The highest BCUT2D eigenvalue weighted by Gasteiger charge is 2.20. The number of aromatic hydroxyl groups is 1. The van der Waals surface area contributed by atoms with Crippen LogP contribution >= 0.6 is 0 Å². The van der Waals surface area contributed by atoms with Crippen LogP contribution in [-0.4, -0.2) is 30.5 Å². The van der Waals surface area contributed by atoms with Crippen molar-refractivity contribution in [3.63, 3.8) is 0 Å². The smallest absolute Gasteiger partial charge is 0.271 e. The first kappa shape index (κ1) is 11.3. The monoisotopic (exact) mass is 236 g/mol. The van der Waals surface area contributed by atoms with Gasteiger partial charge in [-0.15, -0.1) is 0 Å². The van der Waals surface area contributed by atoms with Gasteiger partial charge in [0, 0.05) is 0 Å². The standard InChI is InChI=1S/C10H12N4O3/c1-4-6(5(2)15)10(17)14-3-12-7(8(11)16)9(14)13-4/h3,5,15,17H,1-2H3,(H2,11,16). The number of aliphatic hydroxyl groups is 1. The summed E-state index contributed by atoms with van der Waals surface area (Å²) in [5.74, 6) is -0.911. The summed E-state index contributed by atoms with van der Waals surface area (Å²) in [4.78, 5) is 19.0. The lowest BCUT2D eigenvalue weighted by molar-refractivity contribution is 0.0997. The normalized spacial score (nSPS) is 12.9. The quantitative estimate of drug-likeness (QED) is 0.673. The first-order chi connectivity index (χ1) is 7.93. The van der Waals surface area contributed by atoms with Crippen molar-refractivity contribution in [1.29, 1.82) is 0 Å². The molecule has 0 radical (unpaired) electrons. The summed E-state index contributed by atoms with van der Waals surface area (Å²) < 4.78 is 1.22. The second-order valence-corrected chi connectivity index (χ2v) is 3.76. The van der Waals surface area contributed by atoms with E-state index in [9.17, 15) is 15.0 Å². The van der Waals surface area contributed by atoms with Crippen LogP contribution in [-0.2, 0) is 0 Å². The molecule has 2 heterocycles. The van der Waals surface area contributed by atoms with Crippen LogP contribution in [0.25, 0.3) is 5.65 Å². The molecular formula is C10H12N4O3. The Kier molecular flexibility index (Phi) is 2.47. The number of aromatic nitrogens is 3. The van der Waals surface area contributed by atoms with Crippen LogP contribution in [0.15, 0.2) is 6.33 Å². The molecule has 0 saturated heterocycles. The number of nitrogens with zero attached hydrogens (tertiary/aromatic N) is 3. The summed E-state index contributed by atoms with van der Waals surface area (Å²) >= 11 is 0. The van der Waals surface area contributed by atoms with Crippen molar-refractivity contribution in [1.82, 2.24) is 14.4 Å². The van der Waals surface area contributed by atoms with E-state index in [1.807, 2.05) is 0 Å². The molecule has 0 bridgehead atoms. The Hall–Kier alpha value is -2.15. The highest BCUT2D eigenvalue weighted by atomic mass is 16.3. The van der Waals surface area contributed by atoms with E-state index < -0.39 is 12.0 Å². The number of primary amides is 1. The molecule has 0 aliphatic heterocycles. The van der Waals surface area contributed by atoms with Crippen molar-refractivity contribution in [3.05, 3.63) is 23.3 Å². The van der Waals surface area contributed by atoms with E-state index in [1.54, 1.807) is 6.92 Å². The Morgan fingerprint density at radius 3 is 2.76 bits per heavy atom. The summed E-state index contributed by atoms with van der Waals surface area (Å²) in [5, 5.41) is 19.5. The van der Waals surface area contributed by atoms with Gasteiger partial charge in [-0.05, 0) is 13.8 Å². The maximum Gasteiger partial charge on any atom is 0.271 e. The summed E-state index contributed by atoms with van der Waals surface area (Å²) in [7, 11) is 0. The van der Waals surface area contributed by atoms with E-state index >= 15 is 0 Å². The molecule has 0 aliphatic carbocycles. The fourth-order valence-electron chi connectivity index (χ4n) is 1.78. The minimum Gasteiger partial charge on any atom is -0.494 e. The van der Waals surface area contributed by atoms with Crippen LogP contribution in [0.4, 0.5) is 0 Å². The number of aliphatic hydroxyl groups excluding tert-OH is 1. The van der Waals surface area contributed by atoms with Gasteiger partial charge in [0.1, 0.15) is 6.33 Å². The van der Waals surface area contributed by atoms with Crippen LogP contribution < -0.4 is 5.73 Å². The van der Waals surface area contributed by atoms with E-state index in [4.69, 9.17) is 5.73 Å². The number of carbonyl (C=O) groups excluding carboxylic acids is 1. The number of fused-ring (bicyclic) bond motifs is 1. The molecule has 17 heavy (non-hydrogen) atoms. The third kappa shape index (κ3) is 1.60. The molecule has 1 amide bonds. The Morgan fingerprint density at radius 2 is 2.24 bits per heavy atom. The maximum atomic E-state index is 11.1. The fourth-order valence-corrected chi connectivity index (χ4v) is 1.78. The minimum atomic E-state index is -0.869. The van der Waals surface area contributed by atoms with Gasteiger partial charge in [0.05, 0.1) is 17.4 Å². The van der Waals surface area contributed by atoms with Crippen molar-refractivity contribution in [2.45, 2.75) is 20.0 Å². The molecule has 0 fully saturated rings. The van der Waals surface area contributed by atoms with Crippen LogP contribution in [0.2, 0.25) is 0 Å². The Morgan fingerprint density at radius 1 is 1.59 bits per heavy atom. The lowest BCUT2D eigenvalue weighted by Crippen LogP contribution is -2.13. The second kappa shape index (κ2) is 3.70. The van der Waals surface area contributed by atoms with Crippen molar-refractivity contribution in [2.24, 2.45) is 5.73 Å². The van der Waals surface area contributed by atoms with Crippen LogP contribution in [0.5, 0.6) is 5.88 Å². The van der Waals surface area contributed by atoms with Gasteiger partial charge >= 0.3 is 0 Å². The molecule has 0 saturated carbocycles. The number of nitrogens with two attached hydrogens (primary N) is 1. The van der Waals surface area contributed by atoms with Gasteiger partial charge in [0.2, 0.25) is 5.88 Å². The molecule has 0 aliphatic rings. The van der Waals surface area contributed by atoms with Gasteiger partial charge in [-0.25, -0.2) is 9.97 Å². The predicted molar refractivity (Wildman–Crippen MR) is 58.5 cm³/mol. The molecule has 1 atom stereocenters. The minimum absolute atomic E-state index is 0.0134. The van der Waals surface area contributed by atoms with Crippen LogP contribution in [0, 0.1) is 6.92 Å². The van der Waals surface area contributed by atoms with E-state index in [0.717, 1.165) is 0 Å². The number of carbonyl (C=O) groups is 1. The summed E-state index contributed by atoms with van der Waals surface area (Å²) in [6.07, 6.45) is 0.370. The number of aryl methyl sites for hydroxylation is 1. The third-order valence-electron chi connectivity index (χ3n) is 2.53. The van der Waals surface area contributed by atoms with E-state index in [1.165, 1.54) is 17.7 Å². The first-order valence-electron chi connectivity index (χ1n) is 4.98. The SMILES string of the molecule is Cc1nc2c(C(N)=O)ncn2c(O)c1C(C)O. The van der Waals surface area contributed by atoms with Gasteiger partial charge < -0.3 is 15.9 Å². The lowest BCUT2D eigenvalue weighted by atomic mass is 10.1. The number of hydrogen-bond acceptors (Lipinski definition) is 5. The zero-order valence-electron chi connectivity index (χ0n) is 9.38. The Balaban J connectivity index is 2.83. The topological polar surface area (TPSA) is 114 Å². The fraction of sp³-hybridized carbons (Fsp3) is 0.300. The number of hydrogen-bond donors (Lipinski definition) is 3. The van der Waals surface area contributed by atoms with E-state index in [-0.39, 0.29) is 17.2 Å². The highest BCUT2D eigenvalue weighted by Crippen LogP contribution is 2.27. The summed E-state index contributed by atoms with van der Waals surface area (Å²) in [6.45, 7) is 3.14. The molecule has 7 nitrogen and oxygen atoms in total. The number of rotatable bonds is 2. The van der Waals surface area contributed by atoms with E-state index in [2.05, 4.69) is 9.97 Å². The van der Waals surface area contributed by atoms with E-state index in [0.29, 0.717) is 11.3 Å². The Labute approximate surface area is 96.5 Å². The molecule has 7 heteroatoms. The number of imidazole rings is 1. The van der Waals surface area contributed by atoms with Crippen molar-refractivity contribution < 1.29 is 15.0 Å². The van der Waals surface area contributed by atoms with Gasteiger partial charge in [0.25, 0.3) is 5.91 Å². The molecule has 4 N–H and O–H groups in total. The summed E-state index contributed by atoms with van der Waals surface area (Å²) in [5.41, 5.74) is 6.02. The number of amides is 1. The molecule has 0 aromatic carbocycles. The lowest BCUT2D eigenvalue weighted by Gasteiger charge is -2.11. The van der Waals surface area contributed by atoms with Crippen molar-refractivity contribution in [2.75, 3.05) is 0 Å². The van der Waals surface area contributed by atoms with Crippen molar-refractivity contribution in [3.8, 4) is 5.88 Å². The molecule has 90 valence electrons. The maximum absolute atomic E-state index is 11.1. The molecule has 2 aromatic rings. The molecule has 0 spiro atoms. The first-order valence-corrected chi connectivity index (χ1v) is 4.98. The second-order valence-electron chi connectivity index (χ2n) is 3.76. The third-order valence-corrected chi connectivity index (χ3v) is 2.53. The Bertz CT molecular complexity index is 603. The molecule has 2 aromatic heterocycles. The van der Waals surface area contributed by atoms with Crippen LogP contribution in [0.3, 0.4) is 0 Å². The van der Waals surface area contributed by atoms with Gasteiger partial charge in [-0.2, -0.15) is 0 Å².